The van der Waals surface area contributed by atoms with E-state index in [1.807, 2.05) is 18.2 Å². The molecule has 0 amide bonds. The van der Waals surface area contributed by atoms with Crippen LogP contribution in [0.1, 0.15) is 25.7 Å². The second-order valence-electron chi connectivity index (χ2n) is 3.44. The van der Waals surface area contributed by atoms with Gasteiger partial charge in [0.25, 0.3) is 0 Å². The zero-order valence-corrected chi connectivity index (χ0v) is 11.1. The summed E-state index contributed by atoms with van der Waals surface area (Å²) in [7, 11) is 0. The molecule has 0 bridgehead atoms. The molecule has 0 heterocycles. The van der Waals surface area contributed by atoms with Gasteiger partial charge in [-0.05, 0) is 72.5 Å². The number of rotatable bonds is 7. The van der Waals surface area contributed by atoms with Gasteiger partial charge in [-0.3, -0.25) is 0 Å². The molecule has 0 saturated heterocycles. The van der Waals surface area contributed by atoms with E-state index in [1.54, 1.807) is 0 Å². The van der Waals surface area contributed by atoms with Gasteiger partial charge in [0.15, 0.2) is 0 Å². The van der Waals surface area contributed by atoms with E-state index >= 15 is 0 Å². The van der Waals surface area contributed by atoms with Gasteiger partial charge in [0.1, 0.15) is 5.75 Å². The van der Waals surface area contributed by atoms with Gasteiger partial charge in [-0.15, -0.1) is 6.58 Å². The molecule has 0 aromatic heterocycles. The van der Waals surface area contributed by atoms with E-state index < -0.39 is 0 Å². The lowest BCUT2D eigenvalue weighted by Gasteiger charge is -2.05. The topological polar surface area (TPSA) is 9.23 Å². The minimum absolute atomic E-state index is 0.817. The summed E-state index contributed by atoms with van der Waals surface area (Å²) in [6, 6.07) is 8.16. The predicted molar refractivity (Wildman–Crippen MR) is 73.3 cm³/mol. The maximum atomic E-state index is 5.61. The van der Waals surface area contributed by atoms with Crippen LogP contribution in [-0.4, -0.2) is 6.61 Å². The summed E-state index contributed by atoms with van der Waals surface area (Å²) in [5, 5.41) is 0. The highest BCUT2D eigenvalue weighted by atomic mass is 127. The molecule has 0 saturated carbocycles. The zero-order chi connectivity index (χ0) is 10.9. The molecular weight excluding hydrogens is 299 g/mol. The molecule has 0 fully saturated rings. The summed E-state index contributed by atoms with van der Waals surface area (Å²) >= 11 is 2.29. The van der Waals surface area contributed by atoms with Crippen LogP contribution in [0.25, 0.3) is 0 Å². The van der Waals surface area contributed by atoms with E-state index in [0.29, 0.717) is 0 Å². The smallest absolute Gasteiger partial charge is 0.119 e. The Morgan fingerprint density at radius 3 is 2.53 bits per heavy atom. The molecule has 82 valence electrons. The molecule has 0 N–H and O–H groups in total. The lowest BCUT2D eigenvalue weighted by Crippen LogP contribution is -1.96. The molecule has 0 aliphatic carbocycles. The molecular formula is C13H17IO. The van der Waals surface area contributed by atoms with Crippen molar-refractivity contribution in [3.63, 3.8) is 0 Å². The van der Waals surface area contributed by atoms with Crippen LogP contribution in [0.4, 0.5) is 0 Å². The van der Waals surface area contributed by atoms with E-state index in [-0.39, 0.29) is 0 Å². The van der Waals surface area contributed by atoms with Crippen LogP contribution in [0, 0.1) is 3.57 Å². The van der Waals surface area contributed by atoms with Crippen molar-refractivity contribution < 1.29 is 4.74 Å². The zero-order valence-electron chi connectivity index (χ0n) is 8.92. The van der Waals surface area contributed by atoms with Crippen molar-refractivity contribution in [2.75, 3.05) is 6.61 Å². The fraction of sp³-hybridized carbons (Fsp3) is 0.385. The molecule has 0 aliphatic heterocycles. The molecule has 2 heteroatoms. The first-order chi connectivity index (χ1) is 7.33. The van der Waals surface area contributed by atoms with E-state index in [0.717, 1.165) is 25.2 Å². The molecule has 15 heavy (non-hydrogen) atoms. The molecule has 1 nitrogen and oxygen atoms in total. The Morgan fingerprint density at radius 1 is 1.13 bits per heavy atom. The van der Waals surface area contributed by atoms with E-state index in [2.05, 4.69) is 41.3 Å². The second kappa shape index (κ2) is 7.74. The fourth-order valence-electron chi connectivity index (χ4n) is 1.29. The van der Waals surface area contributed by atoms with Gasteiger partial charge in [0.05, 0.1) is 6.61 Å². The Balaban J connectivity index is 2.09. The van der Waals surface area contributed by atoms with Gasteiger partial charge in [-0.25, -0.2) is 0 Å². The summed E-state index contributed by atoms with van der Waals surface area (Å²) in [5.41, 5.74) is 0. The minimum atomic E-state index is 0.817. The van der Waals surface area contributed by atoms with E-state index in [1.165, 1.54) is 16.4 Å². The third kappa shape index (κ3) is 5.82. The first-order valence-corrected chi connectivity index (χ1v) is 6.40. The van der Waals surface area contributed by atoms with Crippen LogP contribution in [0.3, 0.4) is 0 Å². The maximum Gasteiger partial charge on any atom is 0.119 e. The van der Waals surface area contributed by atoms with Crippen molar-refractivity contribution in [2.24, 2.45) is 0 Å². The van der Waals surface area contributed by atoms with Crippen LogP contribution in [0.2, 0.25) is 0 Å². The van der Waals surface area contributed by atoms with Crippen LogP contribution in [-0.2, 0) is 0 Å². The van der Waals surface area contributed by atoms with Crippen molar-refractivity contribution in [1.82, 2.24) is 0 Å². The number of halogens is 1. The lowest BCUT2D eigenvalue weighted by atomic mass is 10.2. The number of unbranched alkanes of at least 4 members (excludes halogenated alkanes) is 3. The van der Waals surface area contributed by atoms with Crippen molar-refractivity contribution in [1.29, 1.82) is 0 Å². The van der Waals surface area contributed by atoms with E-state index in [4.69, 9.17) is 4.74 Å². The monoisotopic (exact) mass is 316 g/mol. The Morgan fingerprint density at radius 2 is 1.87 bits per heavy atom. The normalized spacial score (nSPS) is 9.93. The van der Waals surface area contributed by atoms with Gasteiger partial charge < -0.3 is 4.74 Å². The largest absolute Gasteiger partial charge is 0.494 e. The first kappa shape index (κ1) is 12.6. The Hall–Kier alpha value is -0.510. The van der Waals surface area contributed by atoms with Crippen molar-refractivity contribution >= 4 is 22.6 Å². The van der Waals surface area contributed by atoms with Crippen LogP contribution >= 0.6 is 22.6 Å². The summed E-state index contributed by atoms with van der Waals surface area (Å²) in [5.74, 6) is 0.971. The molecule has 1 aromatic rings. The van der Waals surface area contributed by atoms with E-state index in [9.17, 15) is 0 Å². The van der Waals surface area contributed by atoms with Gasteiger partial charge in [-0.2, -0.15) is 0 Å². The van der Waals surface area contributed by atoms with Gasteiger partial charge in [-0.1, -0.05) is 6.08 Å². The Bertz CT molecular complexity index is 279. The molecule has 0 radical (unpaired) electrons. The fourth-order valence-corrected chi connectivity index (χ4v) is 1.65. The number of allylic oxidation sites excluding steroid dienone is 1. The SMILES string of the molecule is C=CCCCCCOc1ccc(I)cc1. The Kier molecular flexibility index (Phi) is 6.48. The lowest BCUT2D eigenvalue weighted by molar-refractivity contribution is 0.305. The van der Waals surface area contributed by atoms with Crippen LogP contribution < -0.4 is 4.74 Å². The standard InChI is InChI=1S/C13H17IO/c1-2-3-4-5-6-11-15-13-9-7-12(14)8-10-13/h2,7-10H,1,3-6,11H2. The Labute approximate surface area is 106 Å². The van der Waals surface area contributed by atoms with Crippen molar-refractivity contribution in [3.05, 3.63) is 40.5 Å². The van der Waals surface area contributed by atoms with Crippen LogP contribution in [0.5, 0.6) is 5.75 Å². The predicted octanol–water partition coefficient (Wildman–Crippen LogP) is 4.42. The molecule has 1 aromatic carbocycles. The van der Waals surface area contributed by atoms with Crippen molar-refractivity contribution in [2.45, 2.75) is 25.7 Å². The molecule has 0 aliphatic rings. The number of benzene rings is 1. The number of hydrogen-bond acceptors (Lipinski definition) is 1. The van der Waals surface area contributed by atoms with Gasteiger partial charge >= 0.3 is 0 Å². The minimum Gasteiger partial charge on any atom is -0.494 e. The highest BCUT2D eigenvalue weighted by molar-refractivity contribution is 14.1. The average molecular weight is 316 g/mol. The quantitative estimate of drug-likeness (QED) is 0.411. The number of ether oxygens (including phenoxy) is 1. The van der Waals surface area contributed by atoms with Crippen molar-refractivity contribution in [3.8, 4) is 5.75 Å². The molecule has 0 atom stereocenters. The highest BCUT2D eigenvalue weighted by Crippen LogP contribution is 2.14. The third-order valence-electron chi connectivity index (χ3n) is 2.13. The molecule has 0 spiro atoms. The van der Waals surface area contributed by atoms with Gasteiger partial charge in [0, 0.05) is 3.57 Å². The third-order valence-corrected chi connectivity index (χ3v) is 2.85. The van der Waals surface area contributed by atoms with Crippen LogP contribution in [0.15, 0.2) is 36.9 Å². The average Bonchev–Trinajstić information content (AvgIpc) is 2.26. The summed E-state index contributed by atoms with van der Waals surface area (Å²) in [6.45, 7) is 4.52. The first-order valence-electron chi connectivity index (χ1n) is 5.32. The number of hydrogen-bond donors (Lipinski definition) is 0. The summed E-state index contributed by atoms with van der Waals surface area (Å²) in [4.78, 5) is 0. The summed E-state index contributed by atoms with van der Waals surface area (Å²) in [6.07, 6.45) is 6.65. The summed E-state index contributed by atoms with van der Waals surface area (Å²) < 4.78 is 6.85. The van der Waals surface area contributed by atoms with Gasteiger partial charge in [0.2, 0.25) is 0 Å². The molecule has 0 unspecified atom stereocenters. The maximum absolute atomic E-state index is 5.61. The second-order valence-corrected chi connectivity index (χ2v) is 4.69. The highest BCUT2D eigenvalue weighted by Gasteiger charge is 1.93. The molecule has 1 rings (SSSR count).